The molecule has 4 nitrogen and oxygen atoms in total. The van der Waals surface area contributed by atoms with E-state index in [9.17, 15) is 4.79 Å². The lowest BCUT2D eigenvalue weighted by Crippen LogP contribution is -2.42. The summed E-state index contributed by atoms with van der Waals surface area (Å²) in [5.74, 6) is 0.652. The van der Waals surface area contributed by atoms with Crippen LogP contribution >= 0.6 is 0 Å². The normalized spacial score (nSPS) is 11.9. The quantitative estimate of drug-likeness (QED) is 0.751. The van der Waals surface area contributed by atoms with Crippen molar-refractivity contribution in [3.63, 3.8) is 0 Å². The van der Waals surface area contributed by atoms with E-state index in [0.29, 0.717) is 13.0 Å². The average Bonchev–Trinajstić information content (AvgIpc) is 3.15. The third kappa shape index (κ3) is 4.37. The second kappa shape index (κ2) is 7.81. The zero-order chi connectivity index (χ0) is 17.6. The van der Waals surface area contributed by atoms with Gasteiger partial charge in [-0.25, -0.2) is 0 Å². The molecule has 3 aromatic rings. The summed E-state index contributed by atoms with van der Waals surface area (Å²) in [5.41, 5.74) is 9.48. The number of nitrogens with two attached hydrogens (primary N) is 1. The molecule has 0 fully saturated rings. The second-order valence-corrected chi connectivity index (χ2v) is 6.15. The molecule has 0 saturated heterocycles. The molecule has 2 N–H and O–H groups in total. The highest BCUT2D eigenvalue weighted by atomic mass is 16.3. The number of benzene rings is 2. The fourth-order valence-electron chi connectivity index (χ4n) is 2.80. The Bertz CT molecular complexity index is 796. The summed E-state index contributed by atoms with van der Waals surface area (Å²) in [4.78, 5) is 14.0. The number of rotatable bonds is 6. The van der Waals surface area contributed by atoms with Gasteiger partial charge in [-0.3, -0.25) is 4.79 Å². The molecular weight excluding hydrogens is 312 g/mol. The van der Waals surface area contributed by atoms with Crippen LogP contribution < -0.4 is 5.73 Å². The summed E-state index contributed by atoms with van der Waals surface area (Å²) in [6.45, 7) is 0.423. The van der Waals surface area contributed by atoms with Gasteiger partial charge in [-0.05, 0) is 35.2 Å². The van der Waals surface area contributed by atoms with Crippen LogP contribution in [0.4, 0.5) is 0 Å². The molecule has 0 radical (unpaired) electrons. The largest absolute Gasteiger partial charge is 0.467 e. The molecule has 0 spiro atoms. The highest BCUT2D eigenvalue weighted by Gasteiger charge is 2.19. The SMILES string of the molecule is CN(Cc1ccco1)C(=O)[C@@H](N)Cc1ccc(-c2ccccc2)cc1. The molecule has 0 aliphatic heterocycles. The lowest BCUT2D eigenvalue weighted by Gasteiger charge is -2.20. The zero-order valence-electron chi connectivity index (χ0n) is 14.3. The van der Waals surface area contributed by atoms with Crippen molar-refractivity contribution in [2.24, 2.45) is 5.73 Å². The van der Waals surface area contributed by atoms with Gasteiger partial charge in [0.1, 0.15) is 5.76 Å². The number of amides is 1. The van der Waals surface area contributed by atoms with Crippen LogP contribution in [0.1, 0.15) is 11.3 Å². The van der Waals surface area contributed by atoms with E-state index in [0.717, 1.165) is 16.9 Å². The van der Waals surface area contributed by atoms with Gasteiger partial charge in [-0.1, -0.05) is 54.6 Å². The summed E-state index contributed by atoms with van der Waals surface area (Å²) in [6, 6.07) is 21.5. The summed E-state index contributed by atoms with van der Waals surface area (Å²) in [5, 5.41) is 0. The molecule has 0 unspecified atom stereocenters. The van der Waals surface area contributed by atoms with Crippen LogP contribution in [0, 0.1) is 0 Å². The highest BCUT2D eigenvalue weighted by Crippen LogP contribution is 2.19. The average molecular weight is 334 g/mol. The molecule has 0 aliphatic carbocycles. The Labute approximate surface area is 147 Å². The van der Waals surface area contributed by atoms with Crippen molar-refractivity contribution in [2.75, 3.05) is 7.05 Å². The maximum absolute atomic E-state index is 12.4. The van der Waals surface area contributed by atoms with Crippen molar-refractivity contribution in [3.8, 4) is 11.1 Å². The maximum Gasteiger partial charge on any atom is 0.239 e. The Morgan fingerprint density at radius 2 is 1.68 bits per heavy atom. The van der Waals surface area contributed by atoms with E-state index in [1.165, 1.54) is 5.56 Å². The molecule has 128 valence electrons. The first kappa shape index (κ1) is 17.0. The molecule has 3 rings (SSSR count). The van der Waals surface area contributed by atoms with Crippen LogP contribution in [0.5, 0.6) is 0 Å². The van der Waals surface area contributed by atoms with Crippen molar-refractivity contribution in [1.29, 1.82) is 0 Å². The molecule has 0 saturated carbocycles. The maximum atomic E-state index is 12.4. The lowest BCUT2D eigenvalue weighted by atomic mass is 10.0. The van der Waals surface area contributed by atoms with E-state index in [1.807, 2.05) is 42.5 Å². The van der Waals surface area contributed by atoms with Gasteiger partial charge in [-0.2, -0.15) is 0 Å². The minimum atomic E-state index is -0.567. The number of hydrogen-bond donors (Lipinski definition) is 1. The van der Waals surface area contributed by atoms with E-state index in [1.54, 1.807) is 18.2 Å². The van der Waals surface area contributed by atoms with Gasteiger partial charge < -0.3 is 15.1 Å². The Kier molecular flexibility index (Phi) is 5.31. The molecule has 1 amide bonds. The summed E-state index contributed by atoms with van der Waals surface area (Å²) >= 11 is 0. The van der Waals surface area contributed by atoms with Gasteiger partial charge in [0.2, 0.25) is 5.91 Å². The van der Waals surface area contributed by atoms with Gasteiger partial charge in [0.05, 0.1) is 18.8 Å². The fourth-order valence-corrected chi connectivity index (χ4v) is 2.80. The van der Waals surface area contributed by atoms with Crippen molar-refractivity contribution in [1.82, 2.24) is 4.90 Å². The molecule has 1 heterocycles. The Morgan fingerprint density at radius 1 is 1.00 bits per heavy atom. The van der Waals surface area contributed by atoms with E-state index < -0.39 is 6.04 Å². The second-order valence-electron chi connectivity index (χ2n) is 6.15. The predicted octanol–water partition coefficient (Wildman–Crippen LogP) is 3.48. The van der Waals surface area contributed by atoms with Gasteiger partial charge in [-0.15, -0.1) is 0 Å². The molecule has 2 aromatic carbocycles. The monoisotopic (exact) mass is 334 g/mol. The third-order valence-corrected chi connectivity index (χ3v) is 4.18. The number of furan rings is 1. The highest BCUT2D eigenvalue weighted by molar-refractivity contribution is 5.81. The summed E-state index contributed by atoms with van der Waals surface area (Å²) in [6.07, 6.45) is 2.11. The molecule has 1 aromatic heterocycles. The molecule has 4 heteroatoms. The Balaban J connectivity index is 1.60. The molecule has 25 heavy (non-hydrogen) atoms. The number of likely N-dealkylation sites (N-methyl/N-ethyl adjacent to an activating group) is 1. The number of hydrogen-bond acceptors (Lipinski definition) is 3. The van der Waals surface area contributed by atoms with Gasteiger partial charge in [0.15, 0.2) is 0 Å². The predicted molar refractivity (Wildman–Crippen MR) is 98.7 cm³/mol. The minimum Gasteiger partial charge on any atom is -0.467 e. The van der Waals surface area contributed by atoms with Crippen LogP contribution in [0.3, 0.4) is 0 Å². The van der Waals surface area contributed by atoms with Gasteiger partial charge >= 0.3 is 0 Å². The van der Waals surface area contributed by atoms with Crippen LogP contribution in [0.2, 0.25) is 0 Å². The Morgan fingerprint density at radius 3 is 2.32 bits per heavy atom. The standard InChI is InChI=1S/C21H22N2O2/c1-23(15-19-8-5-13-25-19)21(24)20(22)14-16-9-11-18(12-10-16)17-6-3-2-4-7-17/h2-13,20H,14-15,22H2,1H3/t20-/m0/s1. The van der Waals surface area contributed by atoms with E-state index in [4.69, 9.17) is 10.2 Å². The van der Waals surface area contributed by atoms with Crippen molar-refractivity contribution in [3.05, 3.63) is 84.3 Å². The molecule has 1 atom stereocenters. The van der Waals surface area contributed by atoms with Crippen LogP contribution in [0.15, 0.2) is 77.4 Å². The van der Waals surface area contributed by atoms with Crippen LogP contribution in [-0.4, -0.2) is 23.9 Å². The molecule has 0 bridgehead atoms. The topological polar surface area (TPSA) is 59.5 Å². The first-order chi connectivity index (χ1) is 12.1. The van der Waals surface area contributed by atoms with Crippen LogP contribution in [-0.2, 0) is 17.8 Å². The van der Waals surface area contributed by atoms with Crippen molar-refractivity contribution in [2.45, 2.75) is 19.0 Å². The third-order valence-electron chi connectivity index (χ3n) is 4.18. The first-order valence-electron chi connectivity index (χ1n) is 8.31. The van der Waals surface area contributed by atoms with Crippen molar-refractivity contribution < 1.29 is 9.21 Å². The number of carbonyl (C=O) groups is 1. The molecule has 0 aliphatic rings. The van der Waals surface area contributed by atoms with Gasteiger partial charge in [0, 0.05) is 7.05 Å². The number of carbonyl (C=O) groups excluding carboxylic acids is 1. The fraction of sp³-hybridized carbons (Fsp3) is 0.190. The molecular formula is C21H22N2O2. The van der Waals surface area contributed by atoms with Crippen molar-refractivity contribution >= 4 is 5.91 Å². The first-order valence-corrected chi connectivity index (χ1v) is 8.31. The smallest absolute Gasteiger partial charge is 0.239 e. The summed E-state index contributed by atoms with van der Waals surface area (Å²) in [7, 11) is 1.74. The minimum absolute atomic E-state index is 0.0939. The lowest BCUT2D eigenvalue weighted by molar-refractivity contribution is -0.132. The van der Waals surface area contributed by atoms with E-state index >= 15 is 0 Å². The summed E-state index contributed by atoms with van der Waals surface area (Å²) < 4.78 is 5.27. The Hall–Kier alpha value is -2.85. The van der Waals surface area contributed by atoms with E-state index in [2.05, 4.69) is 24.3 Å². The zero-order valence-corrected chi connectivity index (χ0v) is 14.3. The van der Waals surface area contributed by atoms with Crippen LogP contribution in [0.25, 0.3) is 11.1 Å². The number of nitrogens with zero attached hydrogens (tertiary/aromatic N) is 1. The van der Waals surface area contributed by atoms with E-state index in [-0.39, 0.29) is 5.91 Å². The van der Waals surface area contributed by atoms with Gasteiger partial charge in [0.25, 0.3) is 0 Å².